The Morgan fingerprint density at radius 1 is 1.44 bits per heavy atom. The monoisotopic (exact) mass is 359 g/mol. The number of halogens is 1. The summed E-state index contributed by atoms with van der Waals surface area (Å²) in [5.41, 5.74) is 0.989. The number of alkyl halides is 1. The number of aliphatic hydroxyl groups is 1. The van der Waals surface area contributed by atoms with Crippen LogP contribution in [0.1, 0.15) is 5.56 Å². The van der Waals surface area contributed by atoms with Gasteiger partial charge >= 0.3 is 6.09 Å². The molecule has 4 nitrogen and oxygen atoms in total. The smallest absolute Gasteiger partial charge is 0.410 e. The van der Waals surface area contributed by atoms with E-state index in [9.17, 15) is 9.90 Å². The molecule has 1 saturated heterocycles. The second kappa shape index (κ2) is 4.70. The molecule has 2 aliphatic rings. The van der Waals surface area contributed by atoms with Crippen molar-refractivity contribution in [2.75, 3.05) is 6.54 Å². The van der Waals surface area contributed by atoms with E-state index in [4.69, 9.17) is 4.74 Å². The van der Waals surface area contributed by atoms with E-state index in [1.165, 1.54) is 0 Å². The molecule has 1 aromatic carbocycles. The zero-order valence-corrected chi connectivity index (χ0v) is 11.9. The van der Waals surface area contributed by atoms with Crippen LogP contribution in [-0.2, 0) is 11.3 Å². The molecule has 3 rings (SSSR count). The predicted octanol–water partition coefficient (Wildman–Crippen LogP) is 1.80. The van der Waals surface area contributed by atoms with Crippen molar-refractivity contribution >= 4 is 28.7 Å². The molecule has 1 saturated carbocycles. The number of fused-ring (bicyclic) bond motifs is 1. The fourth-order valence-electron chi connectivity index (χ4n) is 2.56. The summed E-state index contributed by atoms with van der Waals surface area (Å²) >= 11 is 2.20. The molecule has 0 radical (unpaired) electrons. The number of hydrogen-bond donors (Lipinski definition) is 1. The summed E-state index contributed by atoms with van der Waals surface area (Å²) < 4.78 is 5.41. The summed E-state index contributed by atoms with van der Waals surface area (Å²) in [7, 11) is 0. The molecular formula is C13H14INO3. The lowest BCUT2D eigenvalue weighted by Crippen LogP contribution is -2.76. The number of piperidine rings is 1. The van der Waals surface area contributed by atoms with Crippen LogP contribution in [0.5, 0.6) is 0 Å². The second-order valence-electron chi connectivity index (χ2n) is 4.78. The van der Waals surface area contributed by atoms with Crippen molar-refractivity contribution in [3.63, 3.8) is 0 Å². The third-order valence-corrected chi connectivity index (χ3v) is 5.21. The minimum Gasteiger partial charge on any atom is -0.445 e. The number of nitrogens with zero attached hydrogens (tertiary/aromatic N) is 1. The van der Waals surface area contributed by atoms with E-state index in [0.717, 1.165) is 5.56 Å². The Kier molecular flexibility index (Phi) is 3.19. The van der Waals surface area contributed by atoms with Gasteiger partial charge in [0.2, 0.25) is 0 Å². The minimum absolute atomic E-state index is 0.144. The highest BCUT2D eigenvalue weighted by Crippen LogP contribution is 2.46. The van der Waals surface area contributed by atoms with Crippen LogP contribution >= 0.6 is 22.6 Å². The zero-order chi connectivity index (χ0) is 12.7. The van der Waals surface area contributed by atoms with Gasteiger partial charge in [-0.2, -0.15) is 0 Å². The maximum Gasteiger partial charge on any atom is 0.410 e. The molecule has 1 heterocycles. The van der Waals surface area contributed by atoms with Gasteiger partial charge in [0.25, 0.3) is 0 Å². The standard InChI is InChI=1S/C13H14INO3/c14-10-11-9(12(10)16)6-15(11)13(17)18-7-8-4-2-1-3-5-8/h1-5,9-12,16H,6-7H2/t9-,10?,11+,12-/m0/s1. The van der Waals surface area contributed by atoms with Crippen molar-refractivity contribution < 1.29 is 14.6 Å². The van der Waals surface area contributed by atoms with Crippen molar-refractivity contribution in [2.24, 2.45) is 5.92 Å². The van der Waals surface area contributed by atoms with E-state index in [2.05, 4.69) is 22.6 Å². The number of aliphatic hydroxyl groups excluding tert-OH is 1. The first-order valence-corrected chi connectivity index (χ1v) is 7.22. The molecule has 5 heteroatoms. The number of likely N-dealkylation sites (tertiary alicyclic amines) is 1. The van der Waals surface area contributed by atoms with E-state index < -0.39 is 0 Å². The SMILES string of the molecule is O=C(OCc1ccccc1)N1C[C@@H]2[C@H](O)C(I)[C@@H]21. The lowest BCUT2D eigenvalue weighted by Gasteiger charge is -2.60. The summed E-state index contributed by atoms with van der Waals surface area (Å²) in [6, 6.07) is 9.81. The molecule has 1 N–H and O–H groups in total. The van der Waals surface area contributed by atoms with Gasteiger partial charge in [0.15, 0.2) is 0 Å². The molecular weight excluding hydrogens is 345 g/mol. The maximum absolute atomic E-state index is 11.9. The highest BCUT2D eigenvalue weighted by molar-refractivity contribution is 14.1. The topological polar surface area (TPSA) is 49.8 Å². The van der Waals surface area contributed by atoms with Gasteiger partial charge in [0, 0.05) is 12.5 Å². The molecule has 4 atom stereocenters. The van der Waals surface area contributed by atoms with E-state index in [1.807, 2.05) is 30.3 Å². The van der Waals surface area contributed by atoms with Gasteiger partial charge in [0.05, 0.1) is 16.1 Å². The van der Waals surface area contributed by atoms with Gasteiger partial charge in [0.1, 0.15) is 6.61 Å². The number of ether oxygens (including phenoxy) is 1. The molecule has 1 amide bonds. The van der Waals surface area contributed by atoms with Gasteiger partial charge < -0.3 is 14.7 Å². The average molecular weight is 359 g/mol. The lowest BCUT2D eigenvalue weighted by atomic mass is 9.69. The fraction of sp³-hybridized carbons (Fsp3) is 0.462. The van der Waals surface area contributed by atoms with Gasteiger partial charge in [-0.15, -0.1) is 0 Å². The van der Waals surface area contributed by atoms with Crippen molar-refractivity contribution in [1.82, 2.24) is 4.90 Å². The van der Waals surface area contributed by atoms with Gasteiger partial charge in [-0.25, -0.2) is 4.79 Å². The van der Waals surface area contributed by atoms with E-state index in [-0.39, 0.29) is 28.1 Å². The summed E-state index contributed by atoms with van der Waals surface area (Å²) in [6.45, 7) is 0.932. The third kappa shape index (κ3) is 1.89. The van der Waals surface area contributed by atoms with Crippen LogP contribution in [0.25, 0.3) is 0 Å². The Labute approximate surface area is 119 Å². The Morgan fingerprint density at radius 3 is 2.83 bits per heavy atom. The number of carbonyl (C=O) groups excluding carboxylic acids is 1. The molecule has 1 aromatic rings. The first-order chi connectivity index (χ1) is 8.68. The van der Waals surface area contributed by atoms with Crippen LogP contribution in [0.15, 0.2) is 30.3 Å². The lowest BCUT2D eigenvalue weighted by molar-refractivity contribution is -0.125. The first-order valence-electron chi connectivity index (χ1n) is 5.98. The fourth-order valence-corrected chi connectivity index (χ4v) is 4.01. The van der Waals surface area contributed by atoms with Crippen LogP contribution in [0.3, 0.4) is 0 Å². The highest BCUT2D eigenvalue weighted by atomic mass is 127. The second-order valence-corrected chi connectivity index (χ2v) is 6.22. The van der Waals surface area contributed by atoms with E-state index >= 15 is 0 Å². The number of amides is 1. The number of rotatable bonds is 2. The van der Waals surface area contributed by atoms with Crippen LogP contribution in [0.4, 0.5) is 4.79 Å². The van der Waals surface area contributed by atoms with Gasteiger partial charge in [-0.1, -0.05) is 52.9 Å². The molecule has 96 valence electrons. The molecule has 0 bridgehead atoms. The third-order valence-electron chi connectivity index (χ3n) is 3.74. The summed E-state index contributed by atoms with van der Waals surface area (Å²) in [6.07, 6.45) is -0.526. The molecule has 1 aliphatic carbocycles. The van der Waals surface area contributed by atoms with Crippen LogP contribution in [-0.4, -0.2) is 38.7 Å². The van der Waals surface area contributed by atoms with Crippen molar-refractivity contribution in [3.8, 4) is 0 Å². The Balaban J connectivity index is 1.52. The Hall–Kier alpha value is -0.820. The molecule has 1 aliphatic heterocycles. The predicted molar refractivity (Wildman–Crippen MR) is 74.4 cm³/mol. The summed E-state index contributed by atoms with van der Waals surface area (Å²) in [4.78, 5) is 13.6. The van der Waals surface area contributed by atoms with Crippen molar-refractivity contribution in [2.45, 2.75) is 22.7 Å². The molecule has 18 heavy (non-hydrogen) atoms. The summed E-state index contributed by atoms with van der Waals surface area (Å²) in [5, 5.41) is 9.63. The highest BCUT2D eigenvalue weighted by Gasteiger charge is 2.60. The van der Waals surface area contributed by atoms with Crippen molar-refractivity contribution in [3.05, 3.63) is 35.9 Å². The van der Waals surface area contributed by atoms with Crippen LogP contribution in [0, 0.1) is 5.92 Å². The van der Waals surface area contributed by atoms with Gasteiger partial charge in [-0.3, -0.25) is 0 Å². The zero-order valence-electron chi connectivity index (χ0n) is 9.70. The molecule has 0 aromatic heterocycles. The Morgan fingerprint density at radius 2 is 2.17 bits per heavy atom. The molecule has 1 unspecified atom stereocenters. The minimum atomic E-state index is -0.270. The Bertz CT molecular complexity index is 447. The number of benzene rings is 1. The van der Waals surface area contributed by atoms with E-state index in [1.54, 1.807) is 4.90 Å². The van der Waals surface area contributed by atoms with E-state index in [0.29, 0.717) is 13.2 Å². The quantitative estimate of drug-likeness (QED) is 0.647. The number of hydrogen-bond acceptors (Lipinski definition) is 3. The normalized spacial score (nSPS) is 33.1. The molecule has 2 fully saturated rings. The summed E-state index contributed by atoms with van der Waals surface area (Å²) in [5.74, 6) is 0.260. The van der Waals surface area contributed by atoms with Crippen LogP contribution < -0.4 is 0 Å². The largest absolute Gasteiger partial charge is 0.445 e. The van der Waals surface area contributed by atoms with Crippen LogP contribution in [0.2, 0.25) is 0 Å². The van der Waals surface area contributed by atoms with Gasteiger partial charge in [-0.05, 0) is 5.56 Å². The average Bonchev–Trinajstić information content (AvgIpc) is 2.36. The number of carbonyl (C=O) groups is 1. The first kappa shape index (κ1) is 12.2. The van der Waals surface area contributed by atoms with Crippen molar-refractivity contribution in [1.29, 1.82) is 0 Å². The maximum atomic E-state index is 11.9. The molecule has 0 spiro atoms.